The summed E-state index contributed by atoms with van der Waals surface area (Å²) in [6, 6.07) is 18.4. The van der Waals surface area contributed by atoms with Crippen LogP contribution in [0.1, 0.15) is 88.6 Å². The maximum atomic E-state index is 14.4. The number of rotatable bonds is 12. The summed E-state index contributed by atoms with van der Waals surface area (Å²) in [6.45, 7) is 13.3. The van der Waals surface area contributed by atoms with Gasteiger partial charge in [-0.25, -0.2) is 15.0 Å². The van der Waals surface area contributed by atoms with Gasteiger partial charge in [-0.2, -0.15) is 0 Å². The highest BCUT2D eigenvalue weighted by molar-refractivity contribution is 7.13. The zero-order valence-corrected chi connectivity index (χ0v) is 42.1. The summed E-state index contributed by atoms with van der Waals surface area (Å²) in [4.78, 5) is 52.2. The minimum Gasteiger partial charge on any atom is -0.507 e. The lowest BCUT2D eigenvalue weighted by atomic mass is 9.81. The maximum absolute atomic E-state index is 14.4. The number of fused-ring (bicyclic) bond motifs is 3. The van der Waals surface area contributed by atoms with Gasteiger partial charge < -0.3 is 45.6 Å². The third-order valence-corrected chi connectivity index (χ3v) is 16.6. The molecule has 71 heavy (non-hydrogen) atoms. The number of hydrogen-bond acceptors (Lipinski definition) is 16. The number of phenols is 1. The molecule has 4 fully saturated rings. The number of aliphatic hydroxyl groups is 2. The molecule has 1 aliphatic carbocycles. The first-order chi connectivity index (χ1) is 34.3. The number of piperazine rings is 1. The van der Waals surface area contributed by atoms with Crippen molar-refractivity contribution in [1.82, 2.24) is 45.6 Å². The monoisotopic (exact) mass is 985 g/mol. The Morgan fingerprint density at radius 3 is 2.42 bits per heavy atom. The van der Waals surface area contributed by atoms with Gasteiger partial charge in [0.05, 0.1) is 45.7 Å². The molecule has 2 amide bonds. The minimum absolute atomic E-state index is 0.00793. The van der Waals surface area contributed by atoms with Crippen LogP contribution in [-0.4, -0.2) is 144 Å². The Labute approximate surface area is 420 Å². The number of benzene rings is 2. The number of para-hydroxylation sites is 1. The smallest absolute Gasteiger partial charge is 0.243 e. The fourth-order valence-electron chi connectivity index (χ4n) is 11.5. The predicted octanol–water partition coefficient (Wildman–Crippen LogP) is 5.53. The van der Waals surface area contributed by atoms with Crippen molar-refractivity contribution in [3.05, 3.63) is 89.3 Å². The van der Waals surface area contributed by atoms with Crippen molar-refractivity contribution in [2.45, 2.75) is 122 Å². The molecule has 3 saturated heterocycles. The Morgan fingerprint density at radius 1 is 0.915 bits per heavy atom. The van der Waals surface area contributed by atoms with Crippen LogP contribution in [0.3, 0.4) is 0 Å². The van der Waals surface area contributed by atoms with Crippen LogP contribution in [0.25, 0.3) is 21.7 Å². The Morgan fingerprint density at radius 2 is 1.69 bits per heavy atom. The van der Waals surface area contributed by atoms with Crippen molar-refractivity contribution < 1.29 is 24.9 Å². The van der Waals surface area contributed by atoms with Gasteiger partial charge in [0, 0.05) is 75.1 Å². The molecule has 0 radical (unpaired) electrons. The fraction of sp³-hybridized carbons (Fsp3) is 0.528. The molecule has 0 bridgehead atoms. The molecule has 2 aromatic carbocycles. The molecule has 3 aromatic heterocycles. The summed E-state index contributed by atoms with van der Waals surface area (Å²) >= 11 is 1.60. The Balaban J connectivity index is 0.692. The third-order valence-electron chi connectivity index (χ3n) is 15.6. The van der Waals surface area contributed by atoms with Crippen molar-refractivity contribution >= 4 is 40.6 Å². The maximum Gasteiger partial charge on any atom is 0.243 e. The number of aryl methyl sites for hydroxylation is 1. The molecule has 5 aromatic rings. The molecular formula is C53H68N12O5S. The topological polar surface area (TPSA) is 208 Å². The standard InChI is InChI=1S/C53H68N12O5S/c1-32-46(71-31-57-32)35-11-9-33(10-12-35)27-56-50(69)44-25-39(66)30-65(44)51(70)47(53(2,3)4)59-49(68)36-13-15-37(16-14-36)62-21-18-34(19-22-62)41-17-20-54-52(58-41)63-23-24-64-38(29-63)28-55-48-43(64)26-42(60-61-48)40-7-5-6-8-45(40)67/h5-12,17,20,26,31,34,36-39,44,47,49,59,66-68H,13-16,18-19,21-25,27-30H2,1-4H3,(H,55,61)(H,56,69)/t36?,37?,38-,39+,44-,47+,49?/m0/s1. The first-order valence-electron chi connectivity index (χ1n) is 25.5. The van der Waals surface area contributed by atoms with Crippen molar-refractivity contribution in [2.75, 3.05) is 60.9 Å². The summed E-state index contributed by atoms with van der Waals surface area (Å²) in [5, 5.41) is 51.6. The summed E-state index contributed by atoms with van der Waals surface area (Å²) in [5.41, 5.74) is 7.67. The van der Waals surface area contributed by atoms with Crippen LogP contribution in [-0.2, 0) is 16.1 Å². The van der Waals surface area contributed by atoms with E-state index in [-0.39, 0.29) is 42.5 Å². The van der Waals surface area contributed by atoms with E-state index < -0.39 is 29.8 Å². The molecule has 4 aliphatic heterocycles. The molecule has 18 heteroatoms. The molecule has 6 N–H and O–H groups in total. The average Bonchev–Trinajstić information content (AvgIpc) is 4.01. The lowest BCUT2D eigenvalue weighted by Crippen LogP contribution is -2.59. The van der Waals surface area contributed by atoms with Crippen molar-refractivity contribution in [3.8, 4) is 27.4 Å². The van der Waals surface area contributed by atoms with Crippen molar-refractivity contribution in [2.24, 2.45) is 11.3 Å². The van der Waals surface area contributed by atoms with E-state index in [9.17, 15) is 24.9 Å². The second-order valence-corrected chi connectivity index (χ2v) is 22.2. The van der Waals surface area contributed by atoms with Crippen LogP contribution in [0.15, 0.2) is 72.4 Å². The normalized spacial score (nSPS) is 23.9. The van der Waals surface area contributed by atoms with E-state index >= 15 is 0 Å². The molecule has 10 rings (SSSR count). The number of piperidine rings is 1. The lowest BCUT2D eigenvalue weighted by Gasteiger charge is -2.45. The minimum atomic E-state index is -0.885. The number of anilines is 3. The predicted molar refractivity (Wildman–Crippen MR) is 275 cm³/mol. The summed E-state index contributed by atoms with van der Waals surface area (Å²) in [7, 11) is 0. The number of aliphatic hydroxyl groups excluding tert-OH is 2. The van der Waals surface area contributed by atoms with E-state index in [0.717, 1.165) is 123 Å². The number of nitrogens with zero attached hydrogens (tertiary/aromatic N) is 9. The van der Waals surface area contributed by atoms with Crippen molar-refractivity contribution in [3.63, 3.8) is 0 Å². The van der Waals surface area contributed by atoms with Crippen molar-refractivity contribution in [1.29, 1.82) is 0 Å². The number of thiazole rings is 1. The number of aromatic nitrogens is 5. The highest BCUT2D eigenvalue weighted by Crippen LogP contribution is 2.38. The number of aromatic hydroxyl groups is 1. The number of likely N-dealkylation sites (tertiary alicyclic amines) is 2. The Kier molecular flexibility index (Phi) is 14.3. The van der Waals surface area contributed by atoms with Gasteiger partial charge in [-0.3, -0.25) is 14.9 Å². The molecule has 376 valence electrons. The van der Waals surface area contributed by atoms with Crippen LogP contribution in [0.5, 0.6) is 5.75 Å². The first-order valence-corrected chi connectivity index (χ1v) is 26.3. The quantitative estimate of drug-likeness (QED) is 0.0850. The molecule has 7 heterocycles. The molecule has 17 nitrogen and oxygen atoms in total. The zero-order valence-electron chi connectivity index (χ0n) is 41.2. The van der Waals surface area contributed by atoms with E-state index in [1.165, 1.54) is 4.90 Å². The van der Waals surface area contributed by atoms with E-state index in [4.69, 9.17) is 9.97 Å². The second kappa shape index (κ2) is 20.7. The molecule has 1 saturated carbocycles. The van der Waals surface area contributed by atoms with Crippen LogP contribution in [0.4, 0.5) is 17.5 Å². The van der Waals surface area contributed by atoms with Gasteiger partial charge in [-0.15, -0.1) is 21.5 Å². The number of β-amino-alcohol motifs (C(OH)–C–C–N with tert-alkyl or cyclic N) is 1. The largest absolute Gasteiger partial charge is 0.507 e. The molecule has 5 atom stereocenters. The average molecular weight is 985 g/mol. The third kappa shape index (κ3) is 10.6. The molecular weight excluding hydrogens is 917 g/mol. The van der Waals surface area contributed by atoms with E-state index in [1.54, 1.807) is 23.5 Å². The van der Waals surface area contributed by atoms with Crippen LogP contribution >= 0.6 is 11.3 Å². The number of amides is 2. The highest BCUT2D eigenvalue weighted by Gasteiger charge is 2.45. The van der Waals surface area contributed by atoms with Gasteiger partial charge in [0.2, 0.25) is 17.8 Å². The summed E-state index contributed by atoms with van der Waals surface area (Å²) in [6.07, 6.45) is 6.07. The van der Waals surface area contributed by atoms with E-state index in [0.29, 0.717) is 29.8 Å². The van der Waals surface area contributed by atoms with Crippen LogP contribution in [0, 0.1) is 18.3 Å². The van der Waals surface area contributed by atoms with Gasteiger partial charge in [0.1, 0.15) is 18.0 Å². The van der Waals surface area contributed by atoms with Gasteiger partial charge >= 0.3 is 0 Å². The SMILES string of the molecule is Cc1ncsc1-c1ccc(CNC(=O)[C@@H]2C[C@@H](O)CN2C(=O)[C@@H](NC(O)C2CCC(N3CCC(c4ccnc(N5CCN6c7cc(-c8ccccc8O)nnc7NC[C@H]6C5)n4)CC3)CC2)C(C)(C)C)cc1. The number of carbonyl (C=O) groups excluding carboxylic acids is 2. The summed E-state index contributed by atoms with van der Waals surface area (Å²) < 4.78 is 0. The highest BCUT2D eigenvalue weighted by atomic mass is 32.1. The van der Waals surface area contributed by atoms with Gasteiger partial charge in [-0.1, -0.05) is 57.2 Å². The van der Waals surface area contributed by atoms with E-state index in [2.05, 4.69) is 51.9 Å². The lowest BCUT2D eigenvalue weighted by molar-refractivity contribution is -0.143. The van der Waals surface area contributed by atoms with E-state index in [1.807, 2.05) is 81.9 Å². The number of hydrogen-bond donors (Lipinski definition) is 6. The van der Waals surface area contributed by atoms with Crippen LogP contribution < -0.4 is 25.8 Å². The number of nitrogens with one attached hydrogen (secondary N) is 3. The van der Waals surface area contributed by atoms with Gasteiger partial charge in [-0.05, 0) is 105 Å². The number of carbonyl (C=O) groups is 2. The number of phenolic OH excluding ortho intramolecular Hbond substituents is 1. The molecule has 5 aliphatic rings. The van der Waals surface area contributed by atoms with Gasteiger partial charge in [0.15, 0.2) is 5.82 Å². The summed E-state index contributed by atoms with van der Waals surface area (Å²) in [5.74, 6) is 1.49. The second-order valence-electron chi connectivity index (χ2n) is 21.3. The Bertz CT molecular complexity index is 2660. The zero-order chi connectivity index (χ0) is 49.4. The molecule has 1 unspecified atom stereocenters. The fourth-order valence-corrected chi connectivity index (χ4v) is 12.3. The molecule has 0 spiro atoms. The Hall–Kier alpha value is -5.79. The van der Waals surface area contributed by atoms with Gasteiger partial charge in [0.25, 0.3) is 0 Å². The first kappa shape index (κ1) is 48.8. The van der Waals surface area contributed by atoms with Crippen LogP contribution in [0.2, 0.25) is 0 Å².